The number of amides is 1. The maximum absolute atomic E-state index is 11.8. The van der Waals surface area contributed by atoms with Crippen LogP contribution in [0, 0.1) is 0 Å². The van der Waals surface area contributed by atoms with Crippen molar-refractivity contribution in [1.82, 2.24) is 5.32 Å². The molecule has 0 spiro atoms. The van der Waals surface area contributed by atoms with E-state index in [0.29, 0.717) is 6.42 Å². The number of nitrogens with one attached hydrogen (secondary N) is 1. The van der Waals surface area contributed by atoms with Crippen LogP contribution in [0.4, 0.5) is 5.69 Å². The Kier molecular flexibility index (Phi) is 5.75. The van der Waals surface area contributed by atoms with Gasteiger partial charge >= 0.3 is 0 Å². The van der Waals surface area contributed by atoms with Gasteiger partial charge in [-0.25, -0.2) is 0 Å². The lowest BCUT2D eigenvalue weighted by molar-refractivity contribution is -0.121. The van der Waals surface area contributed by atoms with Gasteiger partial charge in [0, 0.05) is 25.2 Å². The molecule has 1 heterocycles. The molecule has 0 aliphatic carbocycles. The second-order valence-electron chi connectivity index (χ2n) is 6.91. The summed E-state index contributed by atoms with van der Waals surface area (Å²) in [6, 6.07) is 17.4. The third kappa shape index (κ3) is 4.41. The van der Waals surface area contributed by atoms with E-state index in [0.717, 1.165) is 25.1 Å². The minimum atomic E-state index is 0.0454. The molecule has 25 heavy (non-hydrogen) atoms. The first kappa shape index (κ1) is 17.5. The SMILES string of the molecule is CCCC(=O)NC(C)c1ccc(-c2cccc(N3CCCC3)c2)cc1. The standard InChI is InChI=1S/C22H28N2O/c1-3-7-22(25)23-17(2)18-10-12-19(13-11-18)20-8-6-9-21(16-20)24-14-4-5-15-24/h6,8-13,16-17H,3-5,7,14-15H2,1-2H3,(H,23,25). The molecular formula is C22H28N2O. The average molecular weight is 336 g/mol. The molecule has 1 atom stereocenters. The molecule has 2 aromatic rings. The Bertz CT molecular complexity index is 702. The van der Waals surface area contributed by atoms with Gasteiger partial charge < -0.3 is 10.2 Å². The Labute approximate surface area is 151 Å². The molecule has 132 valence electrons. The predicted octanol–water partition coefficient (Wildman–Crippen LogP) is 4.93. The van der Waals surface area contributed by atoms with Crippen LogP contribution in [0.3, 0.4) is 0 Å². The second kappa shape index (κ2) is 8.19. The van der Waals surface area contributed by atoms with Gasteiger partial charge in [0.1, 0.15) is 0 Å². The van der Waals surface area contributed by atoms with Crippen molar-refractivity contribution in [1.29, 1.82) is 0 Å². The average Bonchev–Trinajstić information content (AvgIpc) is 3.17. The predicted molar refractivity (Wildman–Crippen MR) is 105 cm³/mol. The minimum Gasteiger partial charge on any atom is -0.372 e. The molecule has 1 N–H and O–H groups in total. The van der Waals surface area contributed by atoms with E-state index in [9.17, 15) is 4.79 Å². The number of rotatable bonds is 6. The molecule has 1 unspecified atom stereocenters. The van der Waals surface area contributed by atoms with Crippen molar-refractivity contribution in [3.05, 3.63) is 54.1 Å². The van der Waals surface area contributed by atoms with E-state index in [1.54, 1.807) is 0 Å². The molecule has 1 aliphatic heterocycles. The number of carbonyl (C=O) groups is 1. The van der Waals surface area contributed by atoms with E-state index in [4.69, 9.17) is 0 Å². The number of benzene rings is 2. The Balaban J connectivity index is 1.71. The number of anilines is 1. The summed E-state index contributed by atoms with van der Waals surface area (Å²) in [7, 11) is 0. The number of hydrogen-bond acceptors (Lipinski definition) is 2. The van der Waals surface area contributed by atoms with Gasteiger partial charge in [0.25, 0.3) is 0 Å². The van der Waals surface area contributed by atoms with Crippen LogP contribution in [0.2, 0.25) is 0 Å². The molecule has 1 aliphatic rings. The summed E-state index contributed by atoms with van der Waals surface area (Å²) in [4.78, 5) is 14.2. The Hall–Kier alpha value is -2.29. The summed E-state index contributed by atoms with van der Waals surface area (Å²) in [5, 5.41) is 3.06. The van der Waals surface area contributed by atoms with E-state index in [-0.39, 0.29) is 11.9 Å². The molecule has 3 nitrogen and oxygen atoms in total. The fraction of sp³-hybridized carbons (Fsp3) is 0.409. The highest BCUT2D eigenvalue weighted by atomic mass is 16.1. The van der Waals surface area contributed by atoms with Crippen LogP contribution in [-0.4, -0.2) is 19.0 Å². The van der Waals surface area contributed by atoms with E-state index >= 15 is 0 Å². The normalized spacial score (nSPS) is 15.2. The zero-order chi connectivity index (χ0) is 17.6. The monoisotopic (exact) mass is 336 g/mol. The quantitative estimate of drug-likeness (QED) is 0.811. The van der Waals surface area contributed by atoms with Crippen LogP contribution in [0.25, 0.3) is 11.1 Å². The van der Waals surface area contributed by atoms with Gasteiger partial charge in [-0.1, -0.05) is 43.3 Å². The molecule has 3 heteroatoms. The van der Waals surface area contributed by atoms with Crippen molar-refractivity contribution in [3.63, 3.8) is 0 Å². The van der Waals surface area contributed by atoms with Crippen molar-refractivity contribution < 1.29 is 4.79 Å². The lowest BCUT2D eigenvalue weighted by Gasteiger charge is -2.18. The number of hydrogen-bond donors (Lipinski definition) is 1. The van der Waals surface area contributed by atoms with E-state index in [1.807, 2.05) is 13.8 Å². The number of nitrogens with zero attached hydrogens (tertiary/aromatic N) is 1. The fourth-order valence-corrected chi connectivity index (χ4v) is 3.45. The van der Waals surface area contributed by atoms with Crippen LogP contribution < -0.4 is 10.2 Å². The molecule has 0 saturated carbocycles. The topological polar surface area (TPSA) is 32.3 Å². The molecule has 0 bridgehead atoms. The zero-order valence-electron chi connectivity index (χ0n) is 15.3. The summed E-state index contributed by atoms with van der Waals surface area (Å²) in [6.07, 6.45) is 4.05. The van der Waals surface area contributed by atoms with Gasteiger partial charge in [0.15, 0.2) is 0 Å². The maximum atomic E-state index is 11.8. The largest absolute Gasteiger partial charge is 0.372 e. The highest BCUT2D eigenvalue weighted by molar-refractivity contribution is 5.76. The highest BCUT2D eigenvalue weighted by Gasteiger charge is 2.13. The lowest BCUT2D eigenvalue weighted by Crippen LogP contribution is -2.26. The van der Waals surface area contributed by atoms with Gasteiger partial charge in [0.2, 0.25) is 5.91 Å². The van der Waals surface area contributed by atoms with E-state index in [2.05, 4.69) is 58.7 Å². The van der Waals surface area contributed by atoms with Crippen molar-refractivity contribution >= 4 is 11.6 Å². The Morgan fingerprint density at radius 3 is 2.48 bits per heavy atom. The molecular weight excluding hydrogens is 308 g/mol. The van der Waals surface area contributed by atoms with Crippen LogP contribution in [0.15, 0.2) is 48.5 Å². The third-order valence-electron chi connectivity index (χ3n) is 4.92. The fourth-order valence-electron chi connectivity index (χ4n) is 3.45. The lowest BCUT2D eigenvalue weighted by atomic mass is 10.0. The summed E-state index contributed by atoms with van der Waals surface area (Å²) >= 11 is 0. The smallest absolute Gasteiger partial charge is 0.220 e. The first-order chi connectivity index (χ1) is 12.2. The van der Waals surface area contributed by atoms with Crippen LogP contribution >= 0.6 is 0 Å². The van der Waals surface area contributed by atoms with Crippen LogP contribution in [0.5, 0.6) is 0 Å². The summed E-state index contributed by atoms with van der Waals surface area (Å²) in [5.41, 5.74) is 4.93. The van der Waals surface area contributed by atoms with Gasteiger partial charge in [-0.2, -0.15) is 0 Å². The first-order valence-corrected chi connectivity index (χ1v) is 9.42. The van der Waals surface area contributed by atoms with Crippen LogP contribution in [0.1, 0.15) is 51.1 Å². The van der Waals surface area contributed by atoms with Crippen molar-refractivity contribution in [2.45, 2.75) is 45.6 Å². The highest BCUT2D eigenvalue weighted by Crippen LogP contribution is 2.27. The molecule has 0 aromatic heterocycles. The molecule has 1 fully saturated rings. The Morgan fingerprint density at radius 2 is 1.80 bits per heavy atom. The van der Waals surface area contributed by atoms with Gasteiger partial charge in [-0.05, 0) is 55.0 Å². The molecule has 1 amide bonds. The van der Waals surface area contributed by atoms with Crippen molar-refractivity contribution in [2.24, 2.45) is 0 Å². The van der Waals surface area contributed by atoms with Gasteiger partial charge in [0.05, 0.1) is 6.04 Å². The molecule has 0 radical (unpaired) electrons. The summed E-state index contributed by atoms with van der Waals surface area (Å²) in [6.45, 7) is 6.39. The van der Waals surface area contributed by atoms with Crippen LogP contribution in [-0.2, 0) is 4.79 Å². The summed E-state index contributed by atoms with van der Waals surface area (Å²) in [5.74, 6) is 0.123. The first-order valence-electron chi connectivity index (χ1n) is 9.42. The maximum Gasteiger partial charge on any atom is 0.220 e. The van der Waals surface area contributed by atoms with Crippen molar-refractivity contribution in [2.75, 3.05) is 18.0 Å². The summed E-state index contributed by atoms with van der Waals surface area (Å²) < 4.78 is 0. The van der Waals surface area contributed by atoms with Crippen molar-refractivity contribution in [3.8, 4) is 11.1 Å². The van der Waals surface area contributed by atoms with E-state index < -0.39 is 0 Å². The minimum absolute atomic E-state index is 0.0454. The molecule has 3 rings (SSSR count). The Morgan fingerprint density at radius 1 is 1.08 bits per heavy atom. The van der Waals surface area contributed by atoms with Gasteiger partial charge in [-0.3, -0.25) is 4.79 Å². The number of carbonyl (C=O) groups excluding carboxylic acids is 1. The third-order valence-corrected chi connectivity index (χ3v) is 4.92. The van der Waals surface area contributed by atoms with Gasteiger partial charge in [-0.15, -0.1) is 0 Å². The van der Waals surface area contributed by atoms with E-state index in [1.165, 1.54) is 29.7 Å². The zero-order valence-corrected chi connectivity index (χ0v) is 15.3. The molecule has 1 saturated heterocycles. The second-order valence-corrected chi connectivity index (χ2v) is 6.91. The molecule has 2 aromatic carbocycles.